The molecule has 13 heteroatoms. The molecule has 0 aromatic rings. The number of rotatable bonds is 0. The van der Waals surface area contributed by atoms with Gasteiger partial charge in [-0.25, -0.2) is 0 Å². The normalized spacial score (nSPS) is 0. The minimum Gasteiger partial charge on any atom is -2.00 e. The first kappa shape index (κ1) is 160. The first-order chi connectivity index (χ1) is 0. The Labute approximate surface area is 238 Å². The van der Waals surface area contributed by atoms with E-state index in [0.29, 0.717) is 0 Å². The fourth-order valence-corrected chi connectivity index (χ4v) is 0. The van der Waals surface area contributed by atoms with E-state index in [1.54, 1.807) is 0 Å². The molecule has 2 radical (unpaired) electrons. The Balaban J connectivity index is 0. The van der Waals surface area contributed by atoms with E-state index in [2.05, 4.69) is 0 Å². The summed E-state index contributed by atoms with van der Waals surface area (Å²) in [6, 6.07) is 0. The van der Waals surface area contributed by atoms with Crippen molar-refractivity contribution in [3.8, 4) is 0 Å². The van der Waals surface area contributed by atoms with E-state index in [1.165, 1.54) is 0 Å². The molecule has 0 saturated carbocycles. The average Bonchev–Trinajstić information content (AvgIpc) is 0. The van der Waals surface area contributed by atoms with Crippen LogP contribution in [0.25, 0.3) is 0 Å². The zero-order chi connectivity index (χ0) is 0. The van der Waals surface area contributed by atoms with E-state index in [-0.39, 0.29) is 246 Å². The zero-order valence-electron chi connectivity index (χ0n) is 5.48. The molecule has 7 nitrogen and oxygen atoms in total. The van der Waals surface area contributed by atoms with E-state index >= 15 is 0 Å². The summed E-state index contributed by atoms with van der Waals surface area (Å²) >= 11 is 0. The Hall–Kier alpha value is 6.42. The zero-order valence-corrected chi connectivity index (χ0v) is 20.1. The van der Waals surface area contributed by atoms with Gasteiger partial charge in [-0.3, -0.25) is 0 Å². The maximum atomic E-state index is 0. The summed E-state index contributed by atoms with van der Waals surface area (Å²) in [6.07, 6.45) is 0. The summed E-state index contributed by atoms with van der Waals surface area (Å²) in [7, 11) is 0. The molecule has 0 atom stereocenters. The molecule has 0 heterocycles. The van der Waals surface area contributed by atoms with Crippen molar-refractivity contribution < 1.29 is 148 Å². The molecule has 0 saturated heterocycles. The second-order valence-corrected chi connectivity index (χ2v) is 0. The van der Waals surface area contributed by atoms with Crippen LogP contribution in [0.3, 0.4) is 0 Å². The van der Waals surface area contributed by atoms with E-state index in [4.69, 9.17) is 0 Å². The third-order valence-corrected chi connectivity index (χ3v) is 0. The van der Waals surface area contributed by atoms with E-state index in [0.717, 1.165) is 0 Å². The summed E-state index contributed by atoms with van der Waals surface area (Å²) in [6.45, 7) is 0. The van der Waals surface area contributed by atoms with E-state index in [9.17, 15) is 0 Å². The topological polar surface area (TPSA) is 200 Å². The van der Waals surface area contributed by atoms with Gasteiger partial charge in [0.15, 0.2) is 0 Å². The maximum absolute atomic E-state index is 0. The van der Waals surface area contributed by atoms with Gasteiger partial charge in [0, 0.05) is 0 Å². The van der Waals surface area contributed by atoms with Crippen LogP contribution in [0.4, 0.5) is 0 Å². The van der Waals surface area contributed by atoms with Crippen molar-refractivity contribution in [1.29, 1.82) is 0 Å². The standard InChI is InChI=1S/2Ba.2Cu.2Ho.7O/q4*+2;2*+3;7*-2. The van der Waals surface area contributed by atoms with Gasteiger partial charge in [0.2, 0.25) is 0 Å². The molecule has 0 aliphatic rings. The summed E-state index contributed by atoms with van der Waals surface area (Å²) in [5.41, 5.74) is 0. The summed E-state index contributed by atoms with van der Waals surface area (Å²) in [4.78, 5) is 0. The van der Waals surface area contributed by atoms with Gasteiger partial charge in [0.25, 0.3) is 0 Å². The average molecular weight is 844 g/mol. The molecule has 0 aromatic heterocycles. The summed E-state index contributed by atoms with van der Waals surface area (Å²) in [5, 5.41) is 0. The van der Waals surface area contributed by atoms with Crippen molar-refractivity contribution in [3.63, 3.8) is 0 Å². The van der Waals surface area contributed by atoms with Crippen molar-refractivity contribution in [3.05, 3.63) is 0 Å². The Morgan fingerprint density at radius 3 is 0.308 bits per heavy atom. The third-order valence-electron chi connectivity index (χ3n) is 0. The Kier molecular flexibility index (Phi) is 1670. The van der Waals surface area contributed by atoms with Crippen molar-refractivity contribution in [2.24, 2.45) is 0 Å². The molecule has 13 heavy (non-hydrogen) atoms. The van der Waals surface area contributed by atoms with Crippen LogP contribution in [0.5, 0.6) is 0 Å². The quantitative estimate of drug-likeness (QED) is 0.254. The molecule has 0 amide bonds. The van der Waals surface area contributed by atoms with Crippen molar-refractivity contribution in [2.75, 3.05) is 0 Å². The SMILES string of the molecule is [Ba+2].[Ba+2].[Cu+2].[Cu+2].[Ho+3].[Ho+3].[O-2].[O-2].[O-2].[O-2].[O-2].[O-2].[O-2]. The van der Waals surface area contributed by atoms with Gasteiger partial charge in [-0.2, -0.15) is 0 Å². The molecule has 0 aliphatic carbocycles. The van der Waals surface area contributed by atoms with Crippen LogP contribution in [0.2, 0.25) is 0 Å². The first-order valence-electron chi connectivity index (χ1n) is 0. The minimum absolute atomic E-state index is 0. The molecule has 0 rings (SSSR count). The second kappa shape index (κ2) is 136. The predicted molar refractivity (Wildman–Crippen MR) is 16.3 cm³/mol. The summed E-state index contributed by atoms with van der Waals surface area (Å²) < 4.78 is 0. The Bertz CT molecular complexity index is 22.5. The molecule has 0 N–H and O–H groups in total. The molecular formula is Ba2Cu2Ho2O7. The van der Waals surface area contributed by atoms with E-state index < -0.39 is 0 Å². The number of hydrogen-bond acceptors (Lipinski definition) is 0. The smallest absolute Gasteiger partial charge is 2.00 e. The van der Waals surface area contributed by atoms with Crippen molar-refractivity contribution in [2.45, 2.75) is 0 Å². The van der Waals surface area contributed by atoms with Crippen LogP contribution >= 0.6 is 0 Å². The monoisotopic (exact) mass is 843 g/mol. The third kappa shape index (κ3) is 120. The maximum Gasteiger partial charge on any atom is 3.00 e. The van der Waals surface area contributed by atoms with Crippen molar-refractivity contribution in [1.82, 2.24) is 0 Å². The largest absolute Gasteiger partial charge is 3.00 e. The number of hydrogen-bond donors (Lipinski definition) is 0. The molecule has 0 spiro atoms. The van der Waals surface area contributed by atoms with Crippen molar-refractivity contribution >= 4 is 97.8 Å². The minimum atomic E-state index is 0. The molecule has 0 unspecified atom stereocenters. The summed E-state index contributed by atoms with van der Waals surface area (Å²) in [5.74, 6) is 0. The fourth-order valence-electron chi connectivity index (χ4n) is 0. The predicted octanol–water partition coefficient (Wildman–Crippen LogP) is -1.60. The molecule has 0 aliphatic heterocycles. The first-order valence-corrected chi connectivity index (χ1v) is 0. The van der Waals surface area contributed by atoms with Crippen LogP contribution in [-0.4, -0.2) is 97.8 Å². The van der Waals surface area contributed by atoms with Crippen LogP contribution < -0.4 is 0 Å². The Morgan fingerprint density at radius 2 is 0.308 bits per heavy atom. The van der Waals surface area contributed by atoms with Crippen LogP contribution in [-0.2, 0) is 72.5 Å². The second-order valence-electron chi connectivity index (χ2n) is 0. The van der Waals surface area contributed by atoms with Crippen LogP contribution in [0.1, 0.15) is 0 Å². The van der Waals surface area contributed by atoms with Gasteiger partial charge in [0.1, 0.15) is 0 Å². The van der Waals surface area contributed by atoms with Gasteiger partial charge in [0.05, 0.1) is 0 Å². The van der Waals surface area contributed by atoms with Gasteiger partial charge >= 0.3 is 207 Å². The van der Waals surface area contributed by atoms with E-state index in [1.807, 2.05) is 0 Å². The Morgan fingerprint density at radius 1 is 0.308 bits per heavy atom. The van der Waals surface area contributed by atoms with Gasteiger partial charge in [-0.1, -0.05) is 0 Å². The van der Waals surface area contributed by atoms with Crippen LogP contribution in [0, 0.1) is 75.5 Å². The van der Waals surface area contributed by atoms with Gasteiger partial charge < -0.3 is 38.3 Å². The molecule has 90 valence electrons. The van der Waals surface area contributed by atoms with Gasteiger partial charge in [-0.15, -0.1) is 0 Å². The molecule has 0 fully saturated rings. The fraction of sp³-hybridized carbons (Fsp3) is 0. The molecular weight excluding hydrogens is 844 g/mol. The molecule has 0 bridgehead atoms. The molecule has 0 aromatic carbocycles. The van der Waals surface area contributed by atoms with Gasteiger partial charge in [-0.05, 0) is 0 Å². The van der Waals surface area contributed by atoms with Crippen LogP contribution in [0.15, 0.2) is 0 Å².